The molecule has 0 aromatic carbocycles. The first-order valence-corrected chi connectivity index (χ1v) is 8.54. The van der Waals surface area contributed by atoms with Gasteiger partial charge >= 0.3 is 5.97 Å². The zero-order valence-corrected chi connectivity index (χ0v) is 13.4. The molecule has 1 aliphatic carbocycles. The van der Waals surface area contributed by atoms with Gasteiger partial charge in [-0.3, -0.25) is 9.59 Å². The molecule has 0 aromatic heterocycles. The molecule has 2 atom stereocenters. The van der Waals surface area contributed by atoms with Gasteiger partial charge in [0.1, 0.15) is 5.78 Å². The van der Waals surface area contributed by atoms with Crippen LogP contribution in [0.1, 0.15) is 77.6 Å². The highest BCUT2D eigenvalue weighted by molar-refractivity contribution is 5.83. The van der Waals surface area contributed by atoms with E-state index in [1.165, 1.54) is 12.8 Å². The number of Topliss-reactive ketones (excluding diaryl/α,β-unsaturated/α-hetero) is 1. The lowest BCUT2D eigenvalue weighted by Crippen LogP contribution is -2.14. The average Bonchev–Trinajstić information content (AvgIpc) is 2.79. The molecule has 0 radical (unpaired) electrons. The largest absolute Gasteiger partial charge is 0.481 e. The molecule has 0 bridgehead atoms. The van der Waals surface area contributed by atoms with Crippen LogP contribution >= 0.6 is 0 Å². The fourth-order valence-corrected chi connectivity index (χ4v) is 3.27. The van der Waals surface area contributed by atoms with E-state index in [4.69, 9.17) is 5.11 Å². The monoisotopic (exact) mass is 294 g/mol. The smallest absolute Gasteiger partial charge is 0.303 e. The number of aliphatic carboxylic acids is 1. The Kier molecular flexibility index (Phi) is 9.04. The van der Waals surface area contributed by atoms with E-state index >= 15 is 0 Å². The molecular formula is C18H30O3. The first kappa shape index (κ1) is 17.9. The summed E-state index contributed by atoms with van der Waals surface area (Å²) in [5, 5.41) is 8.56. The summed E-state index contributed by atoms with van der Waals surface area (Å²) in [5.41, 5.74) is 0. The van der Waals surface area contributed by atoms with E-state index in [1.807, 2.05) is 0 Å². The Hall–Kier alpha value is -1.12. The van der Waals surface area contributed by atoms with Crippen molar-refractivity contribution in [3.8, 4) is 0 Å². The van der Waals surface area contributed by atoms with Crippen molar-refractivity contribution < 1.29 is 14.7 Å². The molecular weight excluding hydrogens is 264 g/mol. The Balaban J connectivity index is 2.13. The van der Waals surface area contributed by atoms with E-state index in [0.29, 0.717) is 18.1 Å². The molecule has 0 spiro atoms. The van der Waals surface area contributed by atoms with E-state index < -0.39 is 5.97 Å². The van der Waals surface area contributed by atoms with Crippen molar-refractivity contribution in [3.05, 3.63) is 12.2 Å². The number of hydrogen-bond donors (Lipinski definition) is 1. The fourth-order valence-electron chi connectivity index (χ4n) is 3.27. The van der Waals surface area contributed by atoms with Gasteiger partial charge in [0.25, 0.3) is 0 Å². The van der Waals surface area contributed by atoms with Crippen LogP contribution in [0, 0.1) is 11.8 Å². The summed E-state index contributed by atoms with van der Waals surface area (Å²) in [4.78, 5) is 22.3. The van der Waals surface area contributed by atoms with Crippen molar-refractivity contribution in [2.24, 2.45) is 11.8 Å². The molecule has 1 fully saturated rings. The lowest BCUT2D eigenvalue weighted by molar-refractivity contribution is -0.137. The van der Waals surface area contributed by atoms with Crippen molar-refractivity contribution in [1.29, 1.82) is 0 Å². The summed E-state index contributed by atoms with van der Waals surface area (Å²) in [5.74, 6) is 0.613. The second-order valence-electron chi connectivity index (χ2n) is 6.19. The van der Waals surface area contributed by atoms with Crippen molar-refractivity contribution in [1.82, 2.24) is 0 Å². The summed E-state index contributed by atoms with van der Waals surface area (Å²) < 4.78 is 0. The summed E-state index contributed by atoms with van der Waals surface area (Å²) in [6, 6.07) is 0. The molecule has 21 heavy (non-hydrogen) atoms. The molecule has 120 valence electrons. The van der Waals surface area contributed by atoms with Gasteiger partial charge < -0.3 is 5.11 Å². The van der Waals surface area contributed by atoms with Crippen LogP contribution < -0.4 is 0 Å². The zero-order chi connectivity index (χ0) is 15.5. The minimum absolute atomic E-state index is 0.264. The van der Waals surface area contributed by atoms with E-state index in [-0.39, 0.29) is 5.92 Å². The SMILES string of the molecule is CCC=CCC1C(=O)CCC1CCCCCCCC(=O)O. The summed E-state index contributed by atoms with van der Waals surface area (Å²) >= 11 is 0. The lowest BCUT2D eigenvalue weighted by atomic mass is 9.87. The molecule has 2 unspecified atom stereocenters. The second-order valence-corrected chi connectivity index (χ2v) is 6.19. The van der Waals surface area contributed by atoms with Crippen molar-refractivity contribution in [3.63, 3.8) is 0 Å². The number of carbonyl (C=O) groups excluding carboxylic acids is 1. The number of ketones is 1. The van der Waals surface area contributed by atoms with Crippen LogP contribution in [0.15, 0.2) is 12.2 Å². The minimum Gasteiger partial charge on any atom is -0.481 e. The summed E-state index contributed by atoms with van der Waals surface area (Å²) in [6.45, 7) is 2.12. The van der Waals surface area contributed by atoms with E-state index in [2.05, 4.69) is 19.1 Å². The maximum absolute atomic E-state index is 11.9. The minimum atomic E-state index is -0.692. The van der Waals surface area contributed by atoms with Gasteiger partial charge in [-0.1, -0.05) is 44.8 Å². The number of hydrogen-bond acceptors (Lipinski definition) is 2. The Bertz CT molecular complexity index is 346. The summed E-state index contributed by atoms with van der Waals surface area (Å²) in [6.07, 6.45) is 14.9. The molecule has 3 nitrogen and oxygen atoms in total. The van der Waals surface area contributed by atoms with Crippen LogP contribution in [-0.2, 0) is 9.59 Å². The highest BCUT2D eigenvalue weighted by atomic mass is 16.4. The number of carbonyl (C=O) groups is 2. The molecule has 1 saturated carbocycles. The maximum atomic E-state index is 11.9. The van der Waals surface area contributed by atoms with Gasteiger partial charge in [-0.05, 0) is 38.0 Å². The van der Waals surface area contributed by atoms with Gasteiger partial charge in [-0.15, -0.1) is 0 Å². The van der Waals surface area contributed by atoms with Gasteiger partial charge in [0, 0.05) is 18.8 Å². The predicted molar refractivity (Wildman–Crippen MR) is 85.2 cm³/mol. The molecule has 0 aromatic rings. The third-order valence-electron chi connectivity index (χ3n) is 4.50. The highest BCUT2D eigenvalue weighted by Gasteiger charge is 2.32. The molecule has 0 aliphatic heterocycles. The molecule has 1 aliphatic rings. The Morgan fingerprint density at radius 3 is 2.62 bits per heavy atom. The van der Waals surface area contributed by atoms with Gasteiger partial charge in [0.2, 0.25) is 0 Å². The van der Waals surface area contributed by atoms with Gasteiger partial charge in [-0.2, -0.15) is 0 Å². The average molecular weight is 294 g/mol. The van der Waals surface area contributed by atoms with Gasteiger partial charge in [-0.25, -0.2) is 0 Å². The number of carboxylic acids is 1. The van der Waals surface area contributed by atoms with Gasteiger partial charge in [0.15, 0.2) is 0 Å². The van der Waals surface area contributed by atoms with Crippen LogP contribution in [0.4, 0.5) is 0 Å². The zero-order valence-electron chi connectivity index (χ0n) is 13.4. The van der Waals surface area contributed by atoms with E-state index in [1.54, 1.807) is 0 Å². The van der Waals surface area contributed by atoms with Crippen LogP contribution in [0.5, 0.6) is 0 Å². The first-order chi connectivity index (χ1) is 10.1. The molecule has 3 heteroatoms. The lowest BCUT2D eigenvalue weighted by Gasteiger charge is -2.16. The van der Waals surface area contributed by atoms with Crippen LogP contribution in [0.2, 0.25) is 0 Å². The maximum Gasteiger partial charge on any atom is 0.303 e. The standard InChI is InChI=1S/C18H30O3/c1-2-3-7-11-16-15(13-14-17(16)19)10-8-5-4-6-9-12-18(20)21/h3,7,15-16H,2,4-6,8-14H2,1H3,(H,20,21). The second kappa shape index (κ2) is 10.6. The van der Waals surface area contributed by atoms with Crippen molar-refractivity contribution >= 4 is 11.8 Å². The Morgan fingerprint density at radius 1 is 1.19 bits per heavy atom. The normalized spacial score (nSPS) is 22.2. The van der Waals surface area contributed by atoms with Crippen LogP contribution in [-0.4, -0.2) is 16.9 Å². The van der Waals surface area contributed by atoms with Gasteiger partial charge in [0.05, 0.1) is 0 Å². The highest BCUT2D eigenvalue weighted by Crippen LogP contribution is 2.35. The molecule has 0 amide bonds. The molecule has 0 heterocycles. The number of allylic oxidation sites excluding steroid dienone is 2. The molecule has 0 saturated heterocycles. The van der Waals surface area contributed by atoms with E-state index in [9.17, 15) is 9.59 Å². The predicted octanol–water partition coefficient (Wildman–Crippen LogP) is 4.75. The topological polar surface area (TPSA) is 54.4 Å². The third kappa shape index (κ3) is 7.45. The van der Waals surface area contributed by atoms with Crippen LogP contribution in [0.25, 0.3) is 0 Å². The molecule has 1 N–H and O–H groups in total. The number of rotatable bonds is 11. The first-order valence-electron chi connectivity index (χ1n) is 8.54. The van der Waals surface area contributed by atoms with E-state index in [0.717, 1.165) is 51.4 Å². The Labute approximate surface area is 128 Å². The quantitative estimate of drug-likeness (QED) is 0.442. The van der Waals surface area contributed by atoms with Crippen molar-refractivity contribution in [2.45, 2.75) is 77.6 Å². The van der Waals surface area contributed by atoms with Crippen LogP contribution in [0.3, 0.4) is 0 Å². The Morgan fingerprint density at radius 2 is 1.90 bits per heavy atom. The fraction of sp³-hybridized carbons (Fsp3) is 0.778. The number of carboxylic acid groups (broad SMARTS) is 1. The third-order valence-corrected chi connectivity index (χ3v) is 4.50. The van der Waals surface area contributed by atoms with Crippen molar-refractivity contribution in [2.75, 3.05) is 0 Å². The molecule has 1 rings (SSSR count). The number of unbranched alkanes of at least 4 members (excludes halogenated alkanes) is 4. The summed E-state index contributed by atoms with van der Waals surface area (Å²) in [7, 11) is 0.